The van der Waals surface area contributed by atoms with Gasteiger partial charge in [0, 0.05) is 6.61 Å². The molecule has 0 bridgehead atoms. The number of hydrogen-bond acceptors (Lipinski definition) is 4. The number of aliphatic hydroxyl groups is 1. The van der Waals surface area contributed by atoms with Crippen molar-refractivity contribution >= 4 is 10.1 Å². The zero-order valence-electron chi connectivity index (χ0n) is 12.6. The molecule has 0 saturated heterocycles. The van der Waals surface area contributed by atoms with E-state index in [0.29, 0.717) is 6.42 Å². The predicted molar refractivity (Wildman–Crippen MR) is 84.8 cm³/mol. The Morgan fingerprint density at radius 1 is 1.09 bits per heavy atom. The molecule has 2 aromatic carbocycles. The molecule has 0 aliphatic carbocycles. The highest BCUT2D eigenvalue weighted by molar-refractivity contribution is 7.85. The smallest absolute Gasteiger partial charge is 0.294 e. The topological polar surface area (TPSA) is 83.8 Å². The van der Waals surface area contributed by atoms with Gasteiger partial charge in [-0.2, -0.15) is 8.42 Å². The molecule has 2 rings (SSSR count). The van der Waals surface area contributed by atoms with Crippen molar-refractivity contribution in [1.29, 1.82) is 0 Å². The summed E-state index contributed by atoms with van der Waals surface area (Å²) in [5.41, 5.74) is 2.06. The summed E-state index contributed by atoms with van der Waals surface area (Å²) in [6.07, 6.45) is 0.692. The molecule has 0 aliphatic rings. The first-order chi connectivity index (χ1) is 10.4. The van der Waals surface area contributed by atoms with Crippen molar-refractivity contribution in [3.8, 4) is 5.75 Å². The van der Waals surface area contributed by atoms with Gasteiger partial charge < -0.3 is 9.84 Å². The van der Waals surface area contributed by atoms with Gasteiger partial charge in [0.05, 0.1) is 12.0 Å². The second-order valence-electron chi connectivity index (χ2n) is 4.61. The lowest BCUT2D eigenvalue weighted by atomic mass is 10.1. The summed E-state index contributed by atoms with van der Waals surface area (Å²) in [6, 6.07) is 13.7. The summed E-state index contributed by atoms with van der Waals surface area (Å²) in [5, 5.41) is 8.64. The third kappa shape index (κ3) is 6.26. The maximum Gasteiger partial charge on any atom is 0.294 e. The van der Waals surface area contributed by atoms with Crippen LogP contribution in [0.4, 0.5) is 0 Å². The summed E-state index contributed by atoms with van der Waals surface area (Å²) in [7, 11) is -2.38. The molecule has 5 nitrogen and oxygen atoms in total. The molecule has 0 saturated carbocycles. The van der Waals surface area contributed by atoms with Gasteiger partial charge in [-0.25, -0.2) is 0 Å². The van der Waals surface area contributed by atoms with E-state index >= 15 is 0 Å². The average Bonchev–Trinajstić information content (AvgIpc) is 2.48. The first kappa shape index (κ1) is 18.2. The predicted octanol–water partition coefficient (Wildman–Crippen LogP) is 2.47. The molecule has 0 aromatic heterocycles. The van der Waals surface area contributed by atoms with E-state index in [9.17, 15) is 8.42 Å². The number of aliphatic hydroxyl groups excluding tert-OH is 1. The summed E-state index contributed by atoms with van der Waals surface area (Å²) in [4.78, 5) is -0.0666. The summed E-state index contributed by atoms with van der Waals surface area (Å²) in [5.74, 6) is 0.843. The minimum absolute atomic E-state index is 0.0666. The van der Waals surface area contributed by atoms with Crippen LogP contribution in [0.15, 0.2) is 53.4 Å². The zero-order chi connectivity index (χ0) is 16.6. The number of rotatable bonds is 4. The number of aryl methyl sites for hydroxylation is 1. The first-order valence-electron chi connectivity index (χ1n) is 6.64. The van der Waals surface area contributed by atoms with Crippen LogP contribution < -0.4 is 4.74 Å². The van der Waals surface area contributed by atoms with E-state index in [4.69, 9.17) is 14.4 Å². The van der Waals surface area contributed by atoms with Crippen LogP contribution in [0.25, 0.3) is 0 Å². The van der Waals surface area contributed by atoms with Gasteiger partial charge in [-0.3, -0.25) is 4.55 Å². The minimum atomic E-state index is -4.02. The lowest BCUT2D eigenvalue weighted by Crippen LogP contribution is -1.96. The van der Waals surface area contributed by atoms with E-state index in [1.165, 1.54) is 12.1 Å². The van der Waals surface area contributed by atoms with Gasteiger partial charge in [0.15, 0.2) is 0 Å². The van der Waals surface area contributed by atoms with E-state index in [-0.39, 0.29) is 11.5 Å². The molecule has 2 aromatic rings. The molecule has 0 fully saturated rings. The van der Waals surface area contributed by atoms with Crippen LogP contribution in [0.2, 0.25) is 0 Å². The Bertz CT molecular complexity index is 678. The molecule has 0 radical (unpaired) electrons. The summed E-state index contributed by atoms with van der Waals surface area (Å²) >= 11 is 0. The number of benzene rings is 2. The van der Waals surface area contributed by atoms with Crippen molar-refractivity contribution in [2.75, 3.05) is 13.7 Å². The van der Waals surface area contributed by atoms with E-state index in [1.54, 1.807) is 19.2 Å². The highest BCUT2D eigenvalue weighted by atomic mass is 32.2. The van der Waals surface area contributed by atoms with E-state index in [2.05, 4.69) is 0 Å². The van der Waals surface area contributed by atoms with Crippen LogP contribution in [-0.4, -0.2) is 31.8 Å². The number of methoxy groups -OCH3 is 1. The molecule has 0 heterocycles. The lowest BCUT2D eigenvalue weighted by molar-refractivity contribution is 0.299. The fourth-order valence-corrected chi connectivity index (χ4v) is 2.15. The molecule has 120 valence electrons. The van der Waals surface area contributed by atoms with Crippen molar-refractivity contribution < 1.29 is 22.8 Å². The fraction of sp³-hybridized carbons (Fsp3) is 0.250. The Kier molecular flexibility index (Phi) is 7.04. The fourth-order valence-electron chi connectivity index (χ4n) is 1.67. The molecule has 0 aliphatic heterocycles. The Morgan fingerprint density at radius 2 is 1.73 bits per heavy atom. The van der Waals surface area contributed by atoms with Crippen LogP contribution in [0.1, 0.15) is 11.1 Å². The lowest BCUT2D eigenvalue weighted by Gasteiger charge is -2.01. The maximum absolute atomic E-state index is 10.5. The van der Waals surface area contributed by atoms with Crippen molar-refractivity contribution in [1.82, 2.24) is 0 Å². The van der Waals surface area contributed by atoms with Gasteiger partial charge in [-0.05, 0) is 43.2 Å². The third-order valence-corrected chi connectivity index (χ3v) is 3.72. The van der Waals surface area contributed by atoms with Gasteiger partial charge in [0.1, 0.15) is 5.75 Å². The standard InChI is InChI=1S/C9H12O2.C7H8O3S/c1-11-9-4-2-3-8(7-9)5-6-10;1-6-2-4-7(5-3-6)11(8,9)10/h2-4,7,10H,5-6H2,1H3;2-5H,1H3,(H,8,9,10). The van der Waals surface area contributed by atoms with Crippen molar-refractivity contribution in [3.63, 3.8) is 0 Å². The largest absolute Gasteiger partial charge is 0.497 e. The van der Waals surface area contributed by atoms with Crippen LogP contribution in [-0.2, 0) is 16.5 Å². The molecule has 0 spiro atoms. The van der Waals surface area contributed by atoms with Crippen LogP contribution >= 0.6 is 0 Å². The van der Waals surface area contributed by atoms with E-state index in [0.717, 1.165) is 16.9 Å². The second kappa shape index (κ2) is 8.53. The summed E-state index contributed by atoms with van der Waals surface area (Å²) in [6.45, 7) is 2.03. The highest BCUT2D eigenvalue weighted by Gasteiger charge is 2.06. The minimum Gasteiger partial charge on any atom is -0.497 e. The van der Waals surface area contributed by atoms with Gasteiger partial charge in [0.25, 0.3) is 10.1 Å². The maximum atomic E-state index is 10.5. The quantitative estimate of drug-likeness (QED) is 0.844. The Balaban J connectivity index is 0.000000220. The molecule has 0 unspecified atom stereocenters. The van der Waals surface area contributed by atoms with Crippen LogP contribution in [0.5, 0.6) is 5.75 Å². The third-order valence-electron chi connectivity index (χ3n) is 2.85. The second-order valence-corrected chi connectivity index (χ2v) is 6.03. The van der Waals surface area contributed by atoms with E-state index in [1.807, 2.05) is 31.2 Å². The van der Waals surface area contributed by atoms with Gasteiger partial charge >= 0.3 is 0 Å². The van der Waals surface area contributed by atoms with E-state index < -0.39 is 10.1 Å². The van der Waals surface area contributed by atoms with Gasteiger partial charge in [0.2, 0.25) is 0 Å². The van der Waals surface area contributed by atoms with Gasteiger partial charge in [-0.1, -0.05) is 29.8 Å². The molecule has 6 heteroatoms. The average molecular weight is 324 g/mol. The number of ether oxygens (including phenoxy) is 1. The summed E-state index contributed by atoms with van der Waals surface area (Å²) < 4.78 is 34.6. The Morgan fingerprint density at radius 3 is 2.23 bits per heavy atom. The molecule has 0 atom stereocenters. The SMILES string of the molecule is COc1cccc(CCO)c1.Cc1ccc(S(=O)(=O)O)cc1. The highest BCUT2D eigenvalue weighted by Crippen LogP contribution is 2.12. The molecule has 22 heavy (non-hydrogen) atoms. The van der Waals surface area contributed by atoms with Crippen LogP contribution in [0.3, 0.4) is 0 Å². The van der Waals surface area contributed by atoms with Crippen LogP contribution in [0, 0.1) is 6.92 Å². The zero-order valence-corrected chi connectivity index (χ0v) is 13.4. The van der Waals surface area contributed by atoms with Gasteiger partial charge in [-0.15, -0.1) is 0 Å². The van der Waals surface area contributed by atoms with Crippen molar-refractivity contribution in [2.45, 2.75) is 18.2 Å². The molecule has 0 amide bonds. The molecule has 2 N–H and O–H groups in total. The Labute approximate surface area is 130 Å². The van der Waals surface area contributed by atoms with Crippen molar-refractivity contribution in [3.05, 3.63) is 59.7 Å². The molecular weight excluding hydrogens is 304 g/mol. The monoisotopic (exact) mass is 324 g/mol. The normalized spacial score (nSPS) is 10.5. The Hall–Kier alpha value is -1.89. The number of hydrogen-bond donors (Lipinski definition) is 2. The molecular formula is C16H20O5S. The van der Waals surface area contributed by atoms with Crippen molar-refractivity contribution in [2.24, 2.45) is 0 Å². The first-order valence-corrected chi connectivity index (χ1v) is 8.08.